The Labute approximate surface area is 138 Å². The normalized spacial score (nSPS) is 13.1. The van der Waals surface area contributed by atoms with Gasteiger partial charge in [-0.05, 0) is 35.5 Å². The smallest absolute Gasteiger partial charge is 0.389 e. The van der Waals surface area contributed by atoms with Crippen molar-refractivity contribution in [3.63, 3.8) is 0 Å². The molecule has 8 nitrogen and oxygen atoms in total. The van der Waals surface area contributed by atoms with E-state index in [1.165, 1.54) is 16.9 Å². The van der Waals surface area contributed by atoms with Gasteiger partial charge in [0, 0.05) is 17.9 Å². The molecule has 3 rings (SSSR count). The van der Waals surface area contributed by atoms with Crippen LogP contribution in [-0.2, 0) is 17.8 Å². The van der Waals surface area contributed by atoms with Crippen LogP contribution in [0.5, 0.6) is 0 Å². The Morgan fingerprint density at radius 1 is 1.39 bits per heavy atom. The van der Waals surface area contributed by atoms with Crippen LogP contribution in [0.1, 0.15) is 12.0 Å². The lowest BCUT2D eigenvalue weighted by Crippen LogP contribution is -2.38. The zero-order chi connectivity index (χ0) is 15.7. The van der Waals surface area contributed by atoms with Crippen LogP contribution in [0.15, 0.2) is 30.5 Å². The Hall–Kier alpha value is -2.61. The molecule has 23 heavy (non-hydrogen) atoms. The highest BCUT2D eigenvalue weighted by molar-refractivity contribution is 5.95. The third kappa shape index (κ3) is 3.26. The number of nitro groups is 1. The van der Waals surface area contributed by atoms with Crippen LogP contribution >= 0.6 is 12.4 Å². The lowest BCUT2D eigenvalue weighted by Gasteiger charge is -2.30. The summed E-state index contributed by atoms with van der Waals surface area (Å²) in [6.07, 6.45) is 3.12. The molecule has 0 saturated heterocycles. The third-order valence-electron chi connectivity index (χ3n) is 3.70. The number of fused-ring (bicyclic) bond motifs is 1. The topological polar surface area (TPSA) is 107 Å². The molecular formula is C14H16ClN5O3. The first-order chi connectivity index (χ1) is 10.6. The van der Waals surface area contributed by atoms with Crippen molar-refractivity contribution >= 4 is 35.5 Å². The van der Waals surface area contributed by atoms with Crippen LogP contribution in [0.3, 0.4) is 0 Å². The molecule has 0 unspecified atom stereocenters. The van der Waals surface area contributed by atoms with Gasteiger partial charge in [0.05, 0.1) is 17.4 Å². The first-order valence-corrected chi connectivity index (χ1v) is 6.92. The second-order valence-corrected chi connectivity index (χ2v) is 5.12. The number of halogens is 1. The standard InChI is InChI=1S/C14H15N5O3.ClH/c15-11-4-1-5-12-10(11)3-2-7-18(12)14(20)9-17-8-6-13(16-17)19(21)22;/h1,4-6,8H,2-3,7,9,15H2;1H. The second kappa shape index (κ2) is 6.66. The Balaban J connectivity index is 0.00000192. The van der Waals surface area contributed by atoms with Gasteiger partial charge in [0.2, 0.25) is 0 Å². The van der Waals surface area contributed by atoms with Gasteiger partial charge in [-0.3, -0.25) is 4.79 Å². The maximum absolute atomic E-state index is 12.5. The number of amides is 1. The number of rotatable bonds is 3. The summed E-state index contributed by atoms with van der Waals surface area (Å²) in [7, 11) is 0. The number of aromatic nitrogens is 2. The summed E-state index contributed by atoms with van der Waals surface area (Å²) in [5, 5.41) is 14.4. The Morgan fingerprint density at radius 2 is 2.17 bits per heavy atom. The fraction of sp³-hybridized carbons (Fsp3) is 0.286. The molecular weight excluding hydrogens is 322 g/mol. The second-order valence-electron chi connectivity index (χ2n) is 5.12. The van der Waals surface area contributed by atoms with Gasteiger partial charge < -0.3 is 20.7 Å². The van der Waals surface area contributed by atoms with Crippen molar-refractivity contribution < 1.29 is 9.72 Å². The van der Waals surface area contributed by atoms with Crippen molar-refractivity contribution in [2.45, 2.75) is 19.4 Å². The quantitative estimate of drug-likeness (QED) is 0.521. The van der Waals surface area contributed by atoms with Crippen LogP contribution in [-0.4, -0.2) is 27.2 Å². The predicted octanol–water partition coefficient (Wildman–Crippen LogP) is 1.77. The van der Waals surface area contributed by atoms with Crippen LogP contribution < -0.4 is 10.6 Å². The molecule has 0 aliphatic carbocycles. The lowest BCUT2D eigenvalue weighted by molar-refractivity contribution is -0.389. The number of hydrogen-bond acceptors (Lipinski definition) is 5. The fourth-order valence-electron chi connectivity index (χ4n) is 2.67. The van der Waals surface area contributed by atoms with Crippen molar-refractivity contribution in [2.24, 2.45) is 0 Å². The number of anilines is 2. The Morgan fingerprint density at radius 3 is 2.87 bits per heavy atom. The summed E-state index contributed by atoms with van der Waals surface area (Å²) in [5.74, 6) is -0.430. The van der Waals surface area contributed by atoms with Crippen LogP contribution in [0.25, 0.3) is 0 Å². The van der Waals surface area contributed by atoms with Gasteiger partial charge in [0.15, 0.2) is 0 Å². The number of carbonyl (C=O) groups is 1. The third-order valence-corrected chi connectivity index (χ3v) is 3.70. The number of carbonyl (C=O) groups excluding carboxylic acids is 1. The maximum atomic E-state index is 12.5. The number of hydrogen-bond donors (Lipinski definition) is 1. The summed E-state index contributed by atoms with van der Waals surface area (Å²) in [6, 6.07) is 6.78. The minimum Gasteiger partial charge on any atom is -0.398 e. The van der Waals surface area contributed by atoms with E-state index in [1.807, 2.05) is 18.2 Å². The first-order valence-electron chi connectivity index (χ1n) is 6.92. The van der Waals surface area contributed by atoms with Crippen LogP contribution in [0.4, 0.5) is 17.2 Å². The molecule has 1 aromatic carbocycles. The van der Waals surface area contributed by atoms with E-state index >= 15 is 0 Å². The first kappa shape index (κ1) is 16.8. The summed E-state index contributed by atoms with van der Waals surface area (Å²) < 4.78 is 1.28. The van der Waals surface area contributed by atoms with Crippen molar-refractivity contribution in [3.05, 3.63) is 46.1 Å². The average Bonchev–Trinajstić information content (AvgIpc) is 2.96. The zero-order valence-corrected chi connectivity index (χ0v) is 13.0. The van der Waals surface area contributed by atoms with E-state index in [-0.39, 0.29) is 30.7 Å². The minimum atomic E-state index is -0.585. The molecule has 122 valence electrons. The largest absolute Gasteiger partial charge is 0.398 e. The molecule has 0 atom stereocenters. The van der Waals surface area contributed by atoms with Gasteiger partial charge in [-0.25, -0.2) is 0 Å². The van der Waals surface area contributed by atoms with Gasteiger partial charge in [-0.15, -0.1) is 12.4 Å². The molecule has 1 aliphatic rings. The molecule has 0 bridgehead atoms. The summed E-state index contributed by atoms with van der Waals surface area (Å²) in [6.45, 7) is 0.570. The Kier molecular flexibility index (Phi) is 4.85. The summed E-state index contributed by atoms with van der Waals surface area (Å²) in [5.41, 5.74) is 8.45. The molecule has 0 radical (unpaired) electrons. The zero-order valence-electron chi connectivity index (χ0n) is 12.2. The average molecular weight is 338 g/mol. The van der Waals surface area contributed by atoms with Crippen molar-refractivity contribution in [2.75, 3.05) is 17.2 Å². The molecule has 0 spiro atoms. The number of nitrogens with two attached hydrogens (primary N) is 1. The number of nitrogen functional groups attached to an aromatic ring is 1. The van der Waals surface area contributed by atoms with Crippen LogP contribution in [0, 0.1) is 10.1 Å². The van der Waals surface area contributed by atoms with Crippen molar-refractivity contribution in [1.29, 1.82) is 0 Å². The van der Waals surface area contributed by atoms with E-state index in [9.17, 15) is 14.9 Å². The highest BCUT2D eigenvalue weighted by Gasteiger charge is 2.25. The minimum absolute atomic E-state index is 0. The molecule has 2 N–H and O–H groups in total. The van der Waals surface area contributed by atoms with Crippen LogP contribution in [0.2, 0.25) is 0 Å². The van der Waals surface area contributed by atoms with E-state index in [4.69, 9.17) is 5.73 Å². The number of nitrogens with zero attached hydrogens (tertiary/aromatic N) is 4. The SMILES string of the molecule is Cl.Nc1cccc2c1CCCN2C(=O)Cn1ccc([N+](=O)[O-])n1. The van der Waals surface area contributed by atoms with Gasteiger partial charge in [0.25, 0.3) is 5.91 Å². The van der Waals surface area contributed by atoms with Gasteiger partial charge in [-0.1, -0.05) is 6.07 Å². The molecule has 0 fully saturated rings. The van der Waals surface area contributed by atoms with Gasteiger partial charge in [0.1, 0.15) is 6.54 Å². The Bertz CT molecular complexity index is 746. The van der Waals surface area contributed by atoms with Crippen molar-refractivity contribution in [3.8, 4) is 0 Å². The predicted molar refractivity (Wildman–Crippen MR) is 87.7 cm³/mol. The molecule has 1 aliphatic heterocycles. The number of benzene rings is 1. The molecule has 2 aromatic rings. The maximum Gasteiger partial charge on any atom is 0.389 e. The highest BCUT2D eigenvalue weighted by Crippen LogP contribution is 2.31. The fourth-order valence-corrected chi connectivity index (χ4v) is 2.67. The summed E-state index contributed by atoms with van der Waals surface area (Å²) >= 11 is 0. The van der Waals surface area contributed by atoms with Gasteiger partial charge in [-0.2, -0.15) is 4.68 Å². The molecule has 9 heteroatoms. The van der Waals surface area contributed by atoms with Gasteiger partial charge >= 0.3 is 5.82 Å². The van der Waals surface area contributed by atoms with Crippen molar-refractivity contribution in [1.82, 2.24) is 9.78 Å². The molecule has 1 amide bonds. The lowest BCUT2D eigenvalue weighted by atomic mass is 10.00. The summed E-state index contributed by atoms with van der Waals surface area (Å²) in [4.78, 5) is 24.2. The molecule has 0 saturated carbocycles. The van der Waals surface area contributed by atoms with E-state index < -0.39 is 4.92 Å². The van der Waals surface area contributed by atoms with E-state index in [0.717, 1.165) is 24.1 Å². The van der Waals surface area contributed by atoms with E-state index in [1.54, 1.807) is 4.90 Å². The molecule has 1 aromatic heterocycles. The van der Waals surface area contributed by atoms with E-state index in [2.05, 4.69) is 5.10 Å². The molecule has 2 heterocycles. The van der Waals surface area contributed by atoms with E-state index in [0.29, 0.717) is 12.2 Å². The monoisotopic (exact) mass is 337 g/mol. The highest BCUT2D eigenvalue weighted by atomic mass is 35.5.